The SMILES string of the molecule is CCCCOc1ncccc1CNc1cc(C)ncn1. The molecule has 0 aliphatic heterocycles. The summed E-state index contributed by atoms with van der Waals surface area (Å²) in [4.78, 5) is 12.5. The molecule has 0 aliphatic carbocycles. The fourth-order valence-corrected chi connectivity index (χ4v) is 1.74. The fraction of sp³-hybridized carbons (Fsp3) is 0.400. The van der Waals surface area contributed by atoms with E-state index >= 15 is 0 Å². The lowest BCUT2D eigenvalue weighted by atomic mass is 10.2. The van der Waals surface area contributed by atoms with Crippen LogP contribution in [0.5, 0.6) is 5.88 Å². The minimum Gasteiger partial charge on any atom is -0.477 e. The minimum absolute atomic E-state index is 0.631. The van der Waals surface area contributed by atoms with Crippen LogP contribution in [0.25, 0.3) is 0 Å². The predicted octanol–water partition coefficient (Wildman–Crippen LogP) is 2.97. The maximum atomic E-state index is 5.71. The van der Waals surface area contributed by atoms with Gasteiger partial charge in [-0.25, -0.2) is 15.0 Å². The molecule has 0 aliphatic rings. The molecule has 2 heterocycles. The number of pyridine rings is 1. The standard InChI is InChI=1S/C15H20N4O/c1-3-4-8-20-15-13(6-5-7-16-15)10-17-14-9-12(2)18-11-19-14/h5-7,9,11H,3-4,8,10H2,1-2H3,(H,17,18,19). The summed E-state index contributed by atoms with van der Waals surface area (Å²) in [5.74, 6) is 1.50. The molecule has 20 heavy (non-hydrogen) atoms. The van der Waals surface area contributed by atoms with Gasteiger partial charge < -0.3 is 10.1 Å². The number of hydrogen-bond donors (Lipinski definition) is 1. The molecule has 0 amide bonds. The number of aromatic nitrogens is 3. The predicted molar refractivity (Wildman–Crippen MR) is 78.7 cm³/mol. The second-order valence-corrected chi connectivity index (χ2v) is 4.57. The summed E-state index contributed by atoms with van der Waals surface area (Å²) in [6, 6.07) is 5.83. The van der Waals surface area contributed by atoms with E-state index in [9.17, 15) is 0 Å². The van der Waals surface area contributed by atoms with Crippen molar-refractivity contribution < 1.29 is 4.74 Å². The second kappa shape index (κ2) is 7.43. The molecule has 5 nitrogen and oxygen atoms in total. The Hall–Kier alpha value is -2.17. The minimum atomic E-state index is 0.631. The van der Waals surface area contributed by atoms with Crippen molar-refractivity contribution >= 4 is 5.82 Å². The zero-order valence-electron chi connectivity index (χ0n) is 12.0. The molecule has 2 aromatic heterocycles. The van der Waals surface area contributed by atoms with Crippen LogP contribution in [0.1, 0.15) is 31.0 Å². The average Bonchev–Trinajstić information content (AvgIpc) is 2.47. The molecule has 106 valence electrons. The van der Waals surface area contributed by atoms with E-state index in [-0.39, 0.29) is 0 Å². The van der Waals surface area contributed by atoms with Gasteiger partial charge in [-0.05, 0) is 19.4 Å². The highest BCUT2D eigenvalue weighted by molar-refractivity contribution is 5.37. The van der Waals surface area contributed by atoms with Crippen molar-refractivity contribution in [3.63, 3.8) is 0 Å². The normalized spacial score (nSPS) is 10.3. The number of anilines is 1. The Morgan fingerprint density at radius 2 is 2.15 bits per heavy atom. The molecule has 0 unspecified atom stereocenters. The van der Waals surface area contributed by atoms with E-state index in [2.05, 4.69) is 27.2 Å². The lowest BCUT2D eigenvalue weighted by Crippen LogP contribution is -2.06. The summed E-state index contributed by atoms with van der Waals surface area (Å²) < 4.78 is 5.71. The van der Waals surface area contributed by atoms with Crippen molar-refractivity contribution in [1.29, 1.82) is 0 Å². The lowest BCUT2D eigenvalue weighted by Gasteiger charge is -2.11. The molecular formula is C15H20N4O. The summed E-state index contributed by atoms with van der Waals surface area (Å²) in [7, 11) is 0. The first-order valence-corrected chi connectivity index (χ1v) is 6.89. The van der Waals surface area contributed by atoms with Crippen LogP contribution >= 0.6 is 0 Å². The average molecular weight is 272 g/mol. The Balaban J connectivity index is 1.98. The molecule has 0 atom stereocenters. The van der Waals surface area contributed by atoms with Crippen molar-refractivity contribution in [2.24, 2.45) is 0 Å². The Morgan fingerprint density at radius 3 is 2.95 bits per heavy atom. The van der Waals surface area contributed by atoms with Crippen LogP contribution < -0.4 is 10.1 Å². The molecule has 0 spiro atoms. The number of nitrogens with zero attached hydrogens (tertiary/aromatic N) is 3. The molecule has 0 fully saturated rings. The smallest absolute Gasteiger partial charge is 0.218 e. The van der Waals surface area contributed by atoms with E-state index in [1.54, 1.807) is 12.5 Å². The second-order valence-electron chi connectivity index (χ2n) is 4.57. The van der Waals surface area contributed by atoms with Crippen LogP contribution in [-0.2, 0) is 6.54 Å². The first kappa shape index (κ1) is 14.2. The van der Waals surface area contributed by atoms with Gasteiger partial charge in [-0.1, -0.05) is 19.4 Å². The summed E-state index contributed by atoms with van der Waals surface area (Å²) in [5.41, 5.74) is 1.97. The van der Waals surface area contributed by atoms with Gasteiger partial charge in [0.25, 0.3) is 0 Å². The Morgan fingerprint density at radius 1 is 1.25 bits per heavy atom. The van der Waals surface area contributed by atoms with Gasteiger partial charge in [0.2, 0.25) is 5.88 Å². The van der Waals surface area contributed by atoms with E-state index in [4.69, 9.17) is 4.74 Å². The van der Waals surface area contributed by atoms with E-state index in [1.807, 2.05) is 25.1 Å². The van der Waals surface area contributed by atoms with Crippen LogP contribution in [0.2, 0.25) is 0 Å². The summed E-state index contributed by atoms with van der Waals surface area (Å²) in [6.45, 7) is 5.41. The van der Waals surface area contributed by atoms with Crippen LogP contribution in [0.4, 0.5) is 5.82 Å². The number of aryl methyl sites for hydroxylation is 1. The molecule has 2 aromatic rings. The van der Waals surface area contributed by atoms with Crippen molar-refractivity contribution in [1.82, 2.24) is 15.0 Å². The molecule has 0 saturated heterocycles. The molecule has 2 rings (SSSR count). The van der Waals surface area contributed by atoms with Crippen LogP contribution in [0.3, 0.4) is 0 Å². The number of ether oxygens (including phenoxy) is 1. The van der Waals surface area contributed by atoms with Gasteiger partial charge in [0.15, 0.2) is 0 Å². The summed E-state index contributed by atoms with van der Waals surface area (Å²) in [6.07, 6.45) is 5.45. The van der Waals surface area contributed by atoms with Gasteiger partial charge in [0.1, 0.15) is 12.1 Å². The fourth-order valence-electron chi connectivity index (χ4n) is 1.74. The van der Waals surface area contributed by atoms with Gasteiger partial charge in [0.05, 0.1) is 6.61 Å². The molecule has 0 radical (unpaired) electrons. The molecule has 0 aromatic carbocycles. The first-order valence-electron chi connectivity index (χ1n) is 6.89. The topological polar surface area (TPSA) is 59.9 Å². The number of nitrogens with one attached hydrogen (secondary N) is 1. The third kappa shape index (κ3) is 4.19. The van der Waals surface area contributed by atoms with E-state index in [0.29, 0.717) is 19.0 Å². The number of unbranched alkanes of at least 4 members (excludes halogenated alkanes) is 1. The van der Waals surface area contributed by atoms with Crippen molar-refractivity contribution in [2.75, 3.05) is 11.9 Å². The Kier molecular flexibility index (Phi) is 5.29. The van der Waals surface area contributed by atoms with E-state index in [1.165, 1.54) is 0 Å². The monoisotopic (exact) mass is 272 g/mol. The first-order chi connectivity index (χ1) is 9.79. The van der Waals surface area contributed by atoms with Gasteiger partial charge in [-0.2, -0.15) is 0 Å². The Labute approximate surface area is 119 Å². The van der Waals surface area contributed by atoms with Gasteiger partial charge >= 0.3 is 0 Å². The third-order valence-corrected chi connectivity index (χ3v) is 2.85. The largest absolute Gasteiger partial charge is 0.477 e. The molecule has 5 heteroatoms. The third-order valence-electron chi connectivity index (χ3n) is 2.85. The van der Waals surface area contributed by atoms with Crippen LogP contribution in [0.15, 0.2) is 30.7 Å². The molecule has 0 bridgehead atoms. The van der Waals surface area contributed by atoms with Crippen molar-refractivity contribution in [3.05, 3.63) is 42.0 Å². The molecular weight excluding hydrogens is 252 g/mol. The summed E-state index contributed by atoms with van der Waals surface area (Å²) >= 11 is 0. The van der Waals surface area contributed by atoms with Crippen LogP contribution in [0, 0.1) is 6.92 Å². The highest BCUT2D eigenvalue weighted by atomic mass is 16.5. The quantitative estimate of drug-likeness (QED) is 0.785. The zero-order valence-corrected chi connectivity index (χ0v) is 12.0. The molecule has 0 saturated carbocycles. The highest BCUT2D eigenvalue weighted by Gasteiger charge is 2.05. The Bertz CT molecular complexity index is 545. The molecule has 1 N–H and O–H groups in total. The van der Waals surface area contributed by atoms with Crippen molar-refractivity contribution in [3.8, 4) is 5.88 Å². The maximum Gasteiger partial charge on any atom is 0.218 e. The summed E-state index contributed by atoms with van der Waals surface area (Å²) in [5, 5.41) is 3.26. The van der Waals surface area contributed by atoms with Crippen LogP contribution in [-0.4, -0.2) is 21.6 Å². The maximum absolute atomic E-state index is 5.71. The van der Waals surface area contributed by atoms with Gasteiger partial charge in [-0.15, -0.1) is 0 Å². The van der Waals surface area contributed by atoms with Crippen molar-refractivity contribution in [2.45, 2.75) is 33.2 Å². The lowest BCUT2D eigenvalue weighted by molar-refractivity contribution is 0.295. The van der Waals surface area contributed by atoms with Gasteiger partial charge in [-0.3, -0.25) is 0 Å². The highest BCUT2D eigenvalue weighted by Crippen LogP contribution is 2.16. The van der Waals surface area contributed by atoms with Gasteiger partial charge in [0, 0.05) is 30.1 Å². The van der Waals surface area contributed by atoms with E-state index < -0.39 is 0 Å². The van der Waals surface area contributed by atoms with E-state index in [0.717, 1.165) is 29.9 Å². The zero-order chi connectivity index (χ0) is 14.2. The number of rotatable bonds is 7. The number of hydrogen-bond acceptors (Lipinski definition) is 5.